The summed E-state index contributed by atoms with van der Waals surface area (Å²) >= 11 is 1.49. The topological polar surface area (TPSA) is 45.7 Å². The maximum absolute atomic E-state index is 14.0. The molecular formula is C24H32FN3O2S. The highest BCUT2D eigenvalue weighted by atomic mass is 32.1. The Labute approximate surface area is 188 Å². The van der Waals surface area contributed by atoms with E-state index in [0.29, 0.717) is 19.0 Å². The van der Waals surface area contributed by atoms with Crippen LogP contribution in [0.1, 0.15) is 51.6 Å². The van der Waals surface area contributed by atoms with Gasteiger partial charge in [-0.3, -0.25) is 9.69 Å². The molecule has 4 rings (SSSR count). The van der Waals surface area contributed by atoms with E-state index in [1.54, 1.807) is 6.07 Å². The van der Waals surface area contributed by atoms with Crippen LogP contribution in [-0.2, 0) is 11.3 Å². The number of likely N-dealkylation sites (tertiary alicyclic amines) is 1. The Hall–Kier alpha value is -1.83. The van der Waals surface area contributed by atoms with E-state index in [4.69, 9.17) is 4.74 Å². The minimum Gasteiger partial charge on any atom is -0.376 e. The van der Waals surface area contributed by atoms with Gasteiger partial charge in [0.2, 0.25) is 0 Å². The van der Waals surface area contributed by atoms with Gasteiger partial charge in [-0.2, -0.15) is 0 Å². The first-order valence-corrected chi connectivity index (χ1v) is 12.1. The summed E-state index contributed by atoms with van der Waals surface area (Å²) in [6, 6.07) is 7.02. The number of halogens is 1. The van der Waals surface area contributed by atoms with Crippen LogP contribution in [0.5, 0.6) is 0 Å². The molecule has 0 radical (unpaired) electrons. The Bertz CT molecular complexity index is 889. The lowest BCUT2D eigenvalue weighted by Gasteiger charge is -2.35. The second-order valence-electron chi connectivity index (χ2n) is 8.80. The molecule has 0 saturated carbocycles. The van der Waals surface area contributed by atoms with Crippen molar-refractivity contribution < 1.29 is 13.9 Å². The molecule has 1 unspecified atom stereocenters. The number of piperidine rings is 1. The molecule has 7 heteroatoms. The van der Waals surface area contributed by atoms with Crippen molar-refractivity contribution in [3.8, 4) is 0 Å². The van der Waals surface area contributed by atoms with Gasteiger partial charge in [0.15, 0.2) is 0 Å². The standard InChI is InChI=1S/C24H32FN3O2S/c1-17-23(31-18(2)26-17)24(29)28(16-21-7-5-13-30-21)14-19-9-11-27(12-10-19)15-20-6-3-4-8-22(20)25/h3-4,6,8,19,21H,5,7,9-16H2,1-2H3. The quantitative estimate of drug-likeness (QED) is 0.632. The van der Waals surface area contributed by atoms with E-state index in [1.165, 1.54) is 17.4 Å². The van der Waals surface area contributed by atoms with Gasteiger partial charge in [0.1, 0.15) is 10.7 Å². The molecule has 0 N–H and O–H groups in total. The number of aryl methyl sites for hydroxylation is 2. The molecule has 2 saturated heterocycles. The van der Waals surface area contributed by atoms with Gasteiger partial charge in [-0.25, -0.2) is 9.37 Å². The van der Waals surface area contributed by atoms with Gasteiger partial charge in [-0.15, -0.1) is 11.3 Å². The molecule has 1 aromatic heterocycles. The maximum Gasteiger partial charge on any atom is 0.265 e. The van der Waals surface area contributed by atoms with Gasteiger partial charge < -0.3 is 9.64 Å². The van der Waals surface area contributed by atoms with Crippen molar-refractivity contribution in [3.05, 3.63) is 51.2 Å². The molecule has 2 aliphatic rings. The van der Waals surface area contributed by atoms with Crippen molar-refractivity contribution >= 4 is 17.2 Å². The molecular weight excluding hydrogens is 413 g/mol. The van der Waals surface area contributed by atoms with E-state index in [-0.39, 0.29) is 17.8 Å². The van der Waals surface area contributed by atoms with Crippen LogP contribution in [0, 0.1) is 25.6 Å². The van der Waals surface area contributed by atoms with Crippen LogP contribution in [-0.4, -0.2) is 59.6 Å². The Balaban J connectivity index is 1.37. The average molecular weight is 446 g/mol. The largest absolute Gasteiger partial charge is 0.376 e. The molecule has 1 amide bonds. The van der Waals surface area contributed by atoms with Crippen LogP contribution >= 0.6 is 11.3 Å². The first-order chi connectivity index (χ1) is 15.0. The predicted molar refractivity (Wildman–Crippen MR) is 121 cm³/mol. The summed E-state index contributed by atoms with van der Waals surface area (Å²) < 4.78 is 19.8. The van der Waals surface area contributed by atoms with Gasteiger partial charge in [0.25, 0.3) is 5.91 Å². The lowest BCUT2D eigenvalue weighted by molar-refractivity contribution is 0.0447. The molecule has 31 heavy (non-hydrogen) atoms. The van der Waals surface area contributed by atoms with E-state index >= 15 is 0 Å². The number of hydrogen-bond acceptors (Lipinski definition) is 5. The van der Waals surface area contributed by atoms with Crippen LogP contribution in [0.25, 0.3) is 0 Å². The highest BCUT2D eigenvalue weighted by Gasteiger charge is 2.29. The van der Waals surface area contributed by atoms with Crippen molar-refractivity contribution in [1.29, 1.82) is 0 Å². The van der Waals surface area contributed by atoms with E-state index in [0.717, 1.165) is 73.1 Å². The number of rotatable bonds is 7. The number of ether oxygens (including phenoxy) is 1. The molecule has 2 aromatic rings. The lowest BCUT2D eigenvalue weighted by atomic mass is 9.95. The van der Waals surface area contributed by atoms with E-state index in [2.05, 4.69) is 9.88 Å². The number of hydrogen-bond donors (Lipinski definition) is 0. The van der Waals surface area contributed by atoms with Crippen molar-refractivity contribution in [2.45, 2.75) is 52.2 Å². The van der Waals surface area contributed by atoms with E-state index < -0.39 is 0 Å². The number of carbonyl (C=O) groups excluding carboxylic acids is 1. The molecule has 2 fully saturated rings. The number of benzene rings is 1. The van der Waals surface area contributed by atoms with Gasteiger partial charge in [0.05, 0.1) is 16.8 Å². The second kappa shape index (κ2) is 10.2. The summed E-state index contributed by atoms with van der Waals surface area (Å²) in [6.45, 7) is 8.58. The Morgan fingerprint density at radius 2 is 2.00 bits per heavy atom. The fraction of sp³-hybridized carbons (Fsp3) is 0.583. The minimum atomic E-state index is -0.131. The van der Waals surface area contributed by atoms with Gasteiger partial charge >= 0.3 is 0 Å². The highest BCUT2D eigenvalue weighted by Crippen LogP contribution is 2.25. The summed E-state index contributed by atoms with van der Waals surface area (Å²) in [4.78, 5) is 22.9. The second-order valence-corrected chi connectivity index (χ2v) is 10.0. The van der Waals surface area contributed by atoms with Gasteiger partial charge in [0, 0.05) is 31.8 Å². The smallest absolute Gasteiger partial charge is 0.265 e. The van der Waals surface area contributed by atoms with Crippen molar-refractivity contribution in [2.24, 2.45) is 5.92 Å². The number of aromatic nitrogens is 1. The van der Waals surface area contributed by atoms with Crippen molar-refractivity contribution in [1.82, 2.24) is 14.8 Å². The molecule has 5 nitrogen and oxygen atoms in total. The third-order valence-electron chi connectivity index (χ3n) is 6.37. The number of thiazole rings is 1. The number of nitrogens with zero attached hydrogens (tertiary/aromatic N) is 3. The summed E-state index contributed by atoms with van der Waals surface area (Å²) in [5, 5.41) is 0.930. The van der Waals surface area contributed by atoms with Crippen LogP contribution in [0.15, 0.2) is 24.3 Å². The lowest BCUT2D eigenvalue weighted by Crippen LogP contribution is -2.43. The maximum atomic E-state index is 14.0. The van der Waals surface area contributed by atoms with Gasteiger partial charge in [-0.1, -0.05) is 18.2 Å². The van der Waals surface area contributed by atoms with Gasteiger partial charge in [-0.05, 0) is 64.6 Å². The fourth-order valence-corrected chi connectivity index (χ4v) is 5.54. The summed E-state index contributed by atoms with van der Waals surface area (Å²) in [5.41, 5.74) is 1.58. The first kappa shape index (κ1) is 22.4. The van der Waals surface area contributed by atoms with E-state index in [9.17, 15) is 9.18 Å². The third-order valence-corrected chi connectivity index (χ3v) is 7.43. The normalized spacial score (nSPS) is 20.3. The zero-order chi connectivity index (χ0) is 21.8. The number of amides is 1. The average Bonchev–Trinajstić information content (AvgIpc) is 3.39. The van der Waals surface area contributed by atoms with Crippen LogP contribution in [0.2, 0.25) is 0 Å². The molecule has 0 aliphatic carbocycles. The number of carbonyl (C=O) groups is 1. The minimum absolute atomic E-state index is 0.0902. The van der Waals surface area contributed by atoms with Crippen molar-refractivity contribution in [2.75, 3.05) is 32.8 Å². The molecule has 0 spiro atoms. The molecule has 3 heterocycles. The highest BCUT2D eigenvalue weighted by molar-refractivity contribution is 7.13. The Morgan fingerprint density at radius 1 is 1.23 bits per heavy atom. The molecule has 1 atom stereocenters. The summed E-state index contributed by atoms with van der Waals surface area (Å²) in [5.74, 6) is 0.414. The predicted octanol–water partition coefficient (Wildman–Crippen LogP) is 4.43. The van der Waals surface area contributed by atoms with Crippen LogP contribution in [0.4, 0.5) is 4.39 Å². The first-order valence-electron chi connectivity index (χ1n) is 11.3. The van der Waals surface area contributed by atoms with Crippen molar-refractivity contribution in [3.63, 3.8) is 0 Å². The molecule has 0 bridgehead atoms. The van der Waals surface area contributed by atoms with Crippen LogP contribution < -0.4 is 0 Å². The monoisotopic (exact) mass is 445 g/mol. The van der Waals surface area contributed by atoms with Crippen LogP contribution in [0.3, 0.4) is 0 Å². The summed E-state index contributed by atoms with van der Waals surface area (Å²) in [7, 11) is 0. The Morgan fingerprint density at radius 3 is 2.65 bits per heavy atom. The third kappa shape index (κ3) is 5.70. The summed E-state index contributed by atoms with van der Waals surface area (Å²) in [6.07, 6.45) is 4.26. The Kier molecular flexibility index (Phi) is 7.35. The van der Waals surface area contributed by atoms with E-state index in [1.807, 2.05) is 30.9 Å². The molecule has 168 valence electrons. The SMILES string of the molecule is Cc1nc(C)c(C(=O)N(CC2CCN(Cc3ccccc3F)CC2)CC2CCCO2)s1. The fourth-order valence-electron chi connectivity index (χ4n) is 4.65. The molecule has 1 aromatic carbocycles. The molecule has 2 aliphatic heterocycles. The zero-order valence-corrected chi connectivity index (χ0v) is 19.3. The zero-order valence-electron chi connectivity index (χ0n) is 18.5.